The molecule has 0 radical (unpaired) electrons. The van der Waals surface area contributed by atoms with Gasteiger partial charge in [0.25, 0.3) is 5.91 Å². The number of anilines is 2. The number of rotatable bonds is 3. The molecule has 11 heteroatoms. The van der Waals surface area contributed by atoms with Gasteiger partial charge in [-0.1, -0.05) is 23.2 Å². The van der Waals surface area contributed by atoms with Crippen LogP contribution in [-0.2, 0) is 10.0 Å². The van der Waals surface area contributed by atoms with Crippen molar-refractivity contribution in [1.29, 1.82) is 0 Å². The number of hydrogen-bond donors (Lipinski definition) is 0. The molecule has 0 bridgehead atoms. The van der Waals surface area contributed by atoms with Gasteiger partial charge in [-0.3, -0.25) is 9.10 Å². The minimum absolute atomic E-state index is 0.0477. The highest BCUT2D eigenvalue weighted by atomic mass is 35.5. The van der Waals surface area contributed by atoms with Gasteiger partial charge >= 0.3 is 0 Å². The third-order valence-electron chi connectivity index (χ3n) is 5.23. The number of halogens is 3. The van der Waals surface area contributed by atoms with Crippen LogP contribution < -0.4 is 9.21 Å². The van der Waals surface area contributed by atoms with Crippen LogP contribution in [0.4, 0.5) is 15.9 Å². The summed E-state index contributed by atoms with van der Waals surface area (Å²) in [5, 5.41) is 0.874. The third kappa shape index (κ3) is 4.06. The fourth-order valence-corrected chi connectivity index (χ4v) is 5.75. The van der Waals surface area contributed by atoms with Crippen LogP contribution in [0.2, 0.25) is 10.0 Å². The van der Waals surface area contributed by atoms with E-state index in [1.807, 2.05) is 4.90 Å². The van der Waals surface area contributed by atoms with Crippen molar-refractivity contribution < 1.29 is 17.6 Å². The Balaban J connectivity index is 1.45. The van der Waals surface area contributed by atoms with Crippen molar-refractivity contribution in [2.24, 2.45) is 0 Å². The van der Waals surface area contributed by atoms with Crippen molar-refractivity contribution in [2.45, 2.75) is 6.42 Å². The second-order valence-electron chi connectivity index (χ2n) is 7.14. The molecule has 2 saturated heterocycles. The van der Waals surface area contributed by atoms with Gasteiger partial charge in [-0.15, -0.1) is 0 Å². The normalized spacial score (nSPS) is 18.7. The predicted molar refractivity (Wildman–Crippen MR) is 115 cm³/mol. The van der Waals surface area contributed by atoms with E-state index in [1.165, 1.54) is 22.6 Å². The average molecular weight is 473 g/mol. The third-order valence-corrected chi connectivity index (χ3v) is 7.58. The lowest BCUT2D eigenvalue weighted by atomic mass is 10.1. The number of benzene rings is 1. The summed E-state index contributed by atoms with van der Waals surface area (Å²) in [6.45, 7) is 2.05. The first-order chi connectivity index (χ1) is 14.3. The van der Waals surface area contributed by atoms with Crippen molar-refractivity contribution in [3.8, 4) is 0 Å². The molecule has 1 aromatic carbocycles. The summed E-state index contributed by atoms with van der Waals surface area (Å²) in [7, 11) is -3.41. The topological polar surface area (TPSA) is 73.8 Å². The second-order valence-corrected chi connectivity index (χ2v) is 10.0. The maximum atomic E-state index is 14.7. The molecule has 30 heavy (non-hydrogen) atoms. The summed E-state index contributed by atoms with van der Waals surface area (Å²) in [6.07, 6.45) is 2.01. The van der Waals surface area contributed by atoms with E-state index in [-0.39, 0.29) is 17.0 Å². The van der Waals surface area contributed by atoms with Crippen molar-refractivity contribution in [3.05, 3.63) is 51.9 Å². The number of carbonyl (C=O) groups is 1. The molecule has 0 spiro atoms. The van der Waals surface area contributed by atoms with E-state index in [1.54, 1.807) is 11.0 Å². The number of nitrogens with zero attached hydrogens (tertiary/aromatic N) is 4. The van der Waals surface area contributed by atoms with Crippen LogP contribution in [0.15, 0.2) is 30.5 Å². The molecule has 2 aromatic rings. The molecule has 7 nitrogen and oxygen atoms in total. The minimum atomic E-state index is -3.41. The van der Waals surface area contributed by atoms with Crippen LogP contribution in [-0.4, -0.2) is 62.7 Å². The Labute approximate surface area is 184 Å². The van der Waals surface area contributed by atoms with Crippen molar-refractivity contribution in [2.75, 3.05) is 47.7 Å². The van der Waals surface area contributed by atoms with Crippen molar-refractivity contribution in [3.63, 3.8) is 0 Å². The van der Waals surface area contributed by atoms with Gasteiger partial charge in [0.05, 0.1) is 27.0 Å². The van der Waals surface area contributed by atoms with Gasteiger partial charge in [-0.05, 0) is 30.7 Å². The number of carbonyl (C=O) groups excluding carboxylic acids is 1. The number of pyridine rings is 1. The molecule has 4 rings (SSSR count). The number of aromatic nitrogens is 1. The van der Waals surface area contributed by atoms with Crippen molar-refractivity contribution >= 4 is 50.6 Å². The summed E-state index contributed by atoms with van der Waals surface area (Å²) < 4.78 is 39.9. The van der Waals surface area contributed by atoms with Gasteiger partial charge in [0.2, 0.25) is 10.0 Å². The average Bonchev–Trinajstić information content (AvgIpc) is 3.06. The first kappa shape index (κ1) is 21.1. The molecule has 0 aliphatic carbocycles. The number of sulfonamides is 1. The highest BCUT2D eigenvalue weighted by Gasteiger charge is 2.30. The van der Waals surface area contributed by atoms with Gasteiger partial charge in [-0.2, -0.15) is 0 Å². The van der Waals surface area contributed by atoms with E-state index in [4.69, 9.17) is 23.2 Å². The zero-order chi connectivity index (χ0) is 21.5. The quantitative estimate of drug-likeness (QED) is 0.686. The summed E-state index contributed by atoms with van der Waals surface area (Å²) in [4.78, 5) is 20.6. The highest BCUT2D eigenvalue weighted by Crippen LogP contribution is 2.28. The first-order valence-corrected chi connectivity index (χ1v) is 11.8. The summed E-state index contributed by atoms with van der Waals surface area (Å²) >= 11 is 12.1. The molecule has 1 amide bonds. The summed E-state index contributed by atoms with van der Waals surface area (Å²) in [5.74, 6) is -0.524. The highest BCUT2D eigenvalue weighted by molar-refractivity contribution is 7.93. The van der Waals surface area contributed by atoms with Crippen LogP contribution in [0.25, 0.3) is 0 Å². The van der Waals surface area contributed by atoms with E-state index in [0.29, 0.717) is 55.0 Å². The van der Waals surface area contributed by atoms with Crippen LogP contribution in [0.3, 0.4) is 0 Å². The fourth-order valence-electron chi connectivity index (χ4n) is 3.69. The van der Waals surface area contributed by atoms with Crippen LogP contribution in [0.1, 0.15) is 16.8 Å². The van der Waals surface area contributed by atoms with E-state index in [0.717, 1.165) is 6.07 Å². The molecular weight excluding hydrogens is 454 g/mol. The molecule has 1 aromatic heterocycles. The van der Waals surface area contributed by atoms with Crippen molar-refractivity contribution in [1.82, 2.24) is 9.88 Å². The van der Waals surface area contributed by atoms with E-state index in [9.17, 15) is 17.6 Å². The predicted octanol–water partition coefficient (Wildman–Crippen LogP) is 3.03. The molecule has 0 atom stereocenters. The summed E-state index contributed by atoms with van der Waals surface area (Å²) in [5.41, 5.74) is 0.168. The molecule has 160 valence electrons. The monoisotopic (exact) mass is 472 g/mol. The van der Waals surface area contributed by atoms with E-state index < -0.39 is 21.7 Å². The summed E-state index contributed by atoms with van der Waals surface area (Å²) in [6, 6.07) is 5.56. The fraction of sp³-hybridized carbons (Fsp3) is 0.368. The minimum Gasteiger partial charge on any atom is -0.352 e. The Morgan fingerprint density at radius 1 is 1.07 bits per heavy atom. The van der Waals surface area contributed by atoms with E-state index >= 15 is 0 Å². The molecule has 2 aliphatic heterocycles. The van der Waals surface area contributed by atoms with Gasteiger partial charge in [-0.25, -0.2) is 17.8 Å². The smallest absolute Gasteiger partial charge is 0.256 e. The lowest BCUT2D eigenvalue weighted by Gasteiger charge is -2.35. The van der Waals surface area contributed by atoms with Gasteiger partial charge < -0.3 is 9.80 Å². The molecule has 2 fully saturated rings. The standard InChI is InChI=1S/C19H19Cl2FN4O3S/c20-13-10-16(21)18(23-12-13)24-5-7-25(8-6-24)19(27)15-3-2-14(11-17(15)22)26-4-1-9-30(26,28)29/h2-3,10-12H,1,4-9H2. The van der Waals surface area contributed by atoms with Gasteiger partial charge in [0.15, 0.2) is 0 Å². The number of hydrogen-bond acceptors (Lipinski definition) is 5. The van der Waals surface area contributed by atoms with Crippen LogP contribution in [0.5, 0.6) is 0 Å². The molecule has 0 N–H and O–H groups in total. The lowest BCUT2D eigenvalue weighted by Crippen LogP contribution is -2.49. The molecule has 3 heterocycles. The Morgan fingerprint density at radius 3 is 2.40 bits per heavy atom. The molecular formula is C19H19Cl2FN4O3S. The molecule has 0 unspecified atom stereocenters. The Hall–Kier alpha value is -2.10. The van der Waals surface area contributed by atoms with Gasteiger partial charge in [0.1, 0.15) is 11.6 Å². The Morgan fingerprint density at radius 2 is 1.80 bits per heavy atom. The number of amides is 1. The Bertz CT molecular complexity index is 1090. The van der Waals surface area contributed by atoms with Crippen LogP contribution >= 0.6 is 23.2 Å². The zero-order valence-corrected chi connectivity index (χ0v) is 18.2. The van der Waals surface area contributed by atoms with Gasteiger partial charge in [0, 0.05) is 38.9 Å². The number of piperazine rings is 1. The maximum Gasteiger partial charge on any atom is 0.256 e. The maximum absolute atomic E-state index is 14.7. The van der Waals surface area contributed by atoms with E-state index in [2.05, 4.69) is 4.98 Å². The second kappa shape index (κ2) is 8.20. The molecule has 0 saturated carbocycles. The van der Waals surface area contributed by atoms with Crippen LogP contribution in [0, 0.1) is 5.82 Å². The lowest BCUT2D eigenvalue weighted by molar-refractivity contribution is 0.0742. The first-order valence-electron chi connectivity index (χ1n) is 9.41. The molecule has 2 aliphatic rings. The SMILES string of the molecule is O=C(c1ccc(N2CCCS2(=O)=O)cc1F)N1CCN(c2ncc(Cl)cc2Cl)CC1. The largest absolute Gasteiger partial charge is 0.352 e. The Kier molecular flexibility index (Phi) is 5.78. The zero-order valence-electron chi connectivity index (χ0n) is 15.9.